The highest BCUT2D eigenvalue weighted by Gasteiger charge is 2.03. The molecular formula is C11H12O4. The first-order chi connectivity index (χ1) is 7.24. The van der Waals surface area contributed by atoms with E-state index in [-0.39, 0.29) is 19.2 Å². The van der Waals surface area contributed by atoms with Crippen LogP contribution in [0.2, 0.25) is 0 Å². The molecule has 0 aromatic carbocycles. The number of esters is 1. The number of carbonyl (C=O) groups excluding carboxylic acids is 1. The molecule has 1 aliphatic rings. The first-order valence-corrected chi connectivity index (χ1v) is 4.44. The van der Waals surface area contributed by atoms with Gasteiger partial charge in [0.1, 0.15) is 13.2 Å². The summed E-state index contributed by atoms with van der Waals surface area (Å²) in [7, 11) is 0. The van der Waals surface area contributed by atoms with Gasteiger partial charge in [0.2, 0.25) is 0 Å². The van der Waals surface area contributed by atoms with Crippen LogP contribution in [0.3, 0.4) is 0 Å². The Morgan fingerprint density at radius 3 is 2.53 bits per heavy atom. The van der Waals surface area contributed by atoms with Crippen LogP contribution in [0.5, 0.6) is 0 Å². The molecule has 0 bridgehead atoms. The molecule has 0 saturated carbocycles. The first-order valence-electron chi connectivity index (χ1n) is 4.44. The molecule has 0 radical (unpaired) electrons. The number of rotatable bonds is 5. The topological polar surface area (TPSA) is 55.8 Å². The lowest BCUT2D eigenvalue weighted by atomic mass is 10.3. The minimum Gasteiger partial charge on any atom is -0.481 e. The van der Waals surface area contributed by atoms with E-state index in [1.165, 1.54) is 0 Å². The lowest BCUT2D eigenvalue weighted by molar-refractivity contribution is -0.139. The van der Waals surface area contributed by atoms with Gasteiger partial charge < -0.3 is 14.6 Å². The second-order valence-electron chi connectivity index (χ2n) is 2.70. The van der Waals surface area contributed by atoms with Crippen LogP contribution in [-0.2, 0) is 14.3 Å². The summed E-state index contributed by atoms with van der Waals surface area (Å²) in [6, 6.07) is 0. The highest BCUT2D eigenvalue weighted by atomic mass is 16.6. The average Bonchev–Trinajstić information content (AvgIpc) is 2.77. The molecule has 0 aromatic heterocycles. The molecule has 0 aliphatic heterocycles. The van der Waals surface area contributed by atoms with Gasteiger partial charge in [0.05, 0.1) is 5.57 Å². The summed E-state index contributed by atoms with van der Waals surface area (Å²) in [4.78, 5) is 10.6. The van der Waals surface area contributed by atoms with Gasteiger partial charge in [-0.05, 0) is 12.2 Å². The lowest BCUT2D eigenvalue weighted by Crippen LogP contribution is -2.08. The third-order valence-electron chi connectivity index (χ3n) is 1.64. The number of carbonyl (C=O) groups is 1. The largest absolute Gasteiger partial charge is 0.481 e. The molecule has 1 rings (SSSR count). The van der Waals surface area contributed by atoms with Crippen LogP contribution in [0.25, 0.3) is 0 Å². The van der Waals surface area contributed by atoms with Crippen molar-refractivity contribution in [2.24, 2.45) is 0 Å². The van der Waals surface area contributed by atoms with E-state index in [9.17, 15) is 9.90 Å². The maximum Gasteiger partial charge on any atom is 0.330 e. The Hall–Kier alpha value is -1.97. The molecular weight excluding hydrogens is 196 g/mol. The zero-order valence-corrected chi connectivity index (χ0v) is 8.18. The minimum absolute atomic E-state index is 0.0790. The molecule has 1 aliphatic carbocycles. The van der Waals surface area contributed by atoms with Crippen LogP contribution in [0.4, 0.5) is 0 Å². The maximum atomic E-state index is 10.6. The van der Waals surface area contributed by atoms with Gasteiger partial charge >= 0.3 is 5.97 Å². The van der Waals surface area contributed by atoms with Gasteiger partial charge in [0.15, 0.2) is 0 Å². The normalized spacial score (nSPS) is 12.7. The highest BCUT2D eigenvalue weighted by Crippen LogP contribution is 2.11. The van der Waals surface area contributed by atoms with Gasteiger partial charge in [-0.25, -0.2) is 4.79 Å². The Bertz CT molecular complexity index is 322. The Balaban J connectivity index is 2.23. The zero-order valence-electron chi connectivity index (χ0n) is 8.18. The Morgan fingerprint density at radius 1 is 1.33 bits per heavy atom. The molecule has 0 saturated heterocycles. The number of allylic oxidation sites excluding steroid dienone is 5. The van der Waals surface area contributed by atoms with Gasteiger partial charge in [0, 0.05) is 6.08 Å². The van der Waals surface area contributed by atoms with E-state index in [1.807, 2.05) is 0 Å². The van der Waals surface area contributed by atoms with E-state index in [2.05, 4.69) is 11.3 Å². The van der Waals surface area contributed by atoms with Crippen molar-refractivity contribution in [3.05, 3.63) is 48.5 Å². The summed E-state index contributed by atoms with van der Waals surface area (Å²) in [5.41, 5.74) is 0.602. The summed E-state index contributed by atoms with van der Waals surface area (Å²) < 4.78 is 9.59. The molecule has 1 N–H and O–H groups in total. The van der Waals surface area contributed by atoms with E-state index >= 15 is 0 Å². The minimum atomic E-state index is -0.508. The van der Waals surface area contributed by atoms with Gasteiger partial charge in [0.25, 0.3) is 5.95 Å². The number of ether oxygens (including phenoxy) is 2. The van der Waals surface area contributed by atoms with Crippen LogP contribution in [0.1, 0.15) is 0 Å². The summed E-state index contributed by atoms with van der Waals surface area (Å²) in [6.45, 7) is 3.43. The Kier molecular flexibility index (Phi) is 4.22. The predicted octanol–water partition coefficient (Wildman–Crippen LogP) is 1.63. The number of aliphatic hydroxyl groups excluding tert-OH is 1. The fraction of sp³-hybridized carbons (Fsp3) is 0.182. The second-order valence-corrected chi connectivity index (χ2v) is 2.70. The molecule has 0 amide bonds. The molecule has 0 unspecified atom stereocenters. The van der Waals surface area contributed by atoms with Gasteiger partial charge in [-0.15, -0.1) is 0 Å². The molecule has 0 fully saturated rings. The highest BCUT2D eigenvalue weighted by molar-refractivity contribution is 5.81. The fourth-order valence-electron chi connectivity index (χ4n) is 0.939. The van der Waals surface area contributed by atoms with Crippen LogP contribution < -0.4 is 0 Å². The van der Waals surface area contributed by atoms with Crippen molar-refractivity contribution in [3.8, 4) is 0 Å². The van der Waals surface area contributed by atoms with Gasteiger partial charge in [-0.3, -0.25) is 0 Å². The van der Waals surface area contributed by atoms with E-state index < -0.39 is 5.97 Å². The second kappa shape index (κ2) is 5.70. The van der Waals surface area contributed by atoms with Crippen LogP contribution >= 0.6 is 0 Å². The van der Waals surface area contributed by atoms with Crippen molar-refractivity contribution in [2.45, 2.75) is 0 Å². The molecule has 0 heterocycles. The molecule has 4 heteroatoms. The summed E-state index contributed by atoms with van der Waals surface area (Å²) in [6.07, 6.45) is 8.07. The lowest BCUT2D eigenvalue weighted by Gasteiger charge is -2.05. The van der Waals surface area contributed by atoms with Gasteiger partial charge in [-0.1, -0.05) is 18.7 Å². The van der Waals surface area contributed by atoms with Crippen molar-refractivity contribution < 1.29 is 19.4 Å². The van der Waals surface area contributed by atoms with E-state index in [4.69, 9.17) is 4.74 Å². The molecule has 4 nitrogen and oxygen atoms in total. The predicted molar refractivity (Wildman–Crippen MR) is 55.0 cm³/mol. The van der Waals surface area contributed by atoms with Crippen molar-refractivity contribution in [2.75, 3.05) is 13.2 Å². The standard InChI is InChI=1S/C11H12O4/c1-2-10(12)14-7-8-15-11(13)9-5-3-4-6-9/h2-6,13H,1,7-8H2. The van der Waals surface area contributed by atoms with Gasteiger partial charge in [-0.2, -0.15) is 0 Å². The third-order valence-corrected chi connectivity index (χ3v) is 1.64. The third kappa shape index (κ3) is 3.72. The van der Waals surface area contributed by atoms with E-state index in [0.717, 1.165) is 6.08 Å². The molecule has 0 aromatic rings. The molecule has 15 heavy (non-hydrogen) atoms. The summed E-state index contributed by atoms with van der Waals surface area (Å²) in [5.74, 6) is -0.680. The maximum absolute atomic E-state index is 10.6. The van der Waals surface area contributed by atoms with Crippen LogP contribution in [-0.4, -0.2) is 24.3 Å². The summed E-state index contributed by atoms with van der Waals surface area (Å²) >= 11 is 0. The Morgan fingerprint density at radius 2 is 1.93 bits per heavy atom. The smallest absolute Gasteiger partial charge is 0.330 e. The fourth-order valence-corrected chi connectivity index (χ4v) is 0.939. The monoisotopic (exact) mass is 208 g/mol. The number of aliphatic hydroxyl groups is 1. The van der Waals surface area contributed by atoms with Crippen molar-refractivity contribution in [1.29, 1.82) is 0 Å². The van der Waals surface area contributed by atoms with Crippen LogP contribution in [0.15, 0.2) is 48.5 Å². The zero-order chi connectivity index (χ0) is 11.1. The van der Waals surface area contributed by atoms with Crippen molar-refractivity contribution in [1.82, 2.24) is 0 Å². The number of hydrogen-bond acceptors (Lipinski definition) is 4. The SMILES string of the molecule is C=CC(=O)OCCOC(O)=C1C=CC=C1. The van der Waals surface area contributed by atoms with E-state index in [1.54, 1.807) is 24.3 Å². The molecule has 0 spiro atoms. The quantitative estimate of drug-likeness (QED) is 0.323. The van der Waals surface area contributed by atoms with Crippen molar-refractivity contribution >= 4 is 5.97 Å². The molecule has 0 atom stereocenters. The average molecular weight is 208 g/mol. The number of hydrogen-bond donors (Lipinski definition) is 1. The summed E-state index contributed by atoms with van der Waals surface area (Å²) in [5, 5.41) is 9.37. The molecule has 80 valence electrons. The Labute approximate surface area is 87.8 Å². The van der Waals surface area contributed by atoms with Crippen LogP contribution in [0, 0.1) is 0 Å². The van der Waals surface area contributed by atoms with Crippen molar-refractivity contribution in [3.63, 3.8) is 0 Å². The first kappa shape index (κ1) is 11.1. The van der Waals surface area contributed by atoms with E-state index in [0.29, 0.717) is 5.57 Å².